The van der Waals surface area contributed by atoms with Gasteiger partial charge < -0.3 is 15.8 Å². The van der Waals surface area contributed by atoms with E-state index in [1.54, 1.807) is 24.4 Å². The molecule has 1 aliphatic heterocycles. The summed E-state index contributed by atoms with van der Waals surface area (Å²) in [5.41, 5.74) is 6.44. The van der Waals surface area contributed by atoms with Gasteiger partial charge in [0.25, 0.3) is 0 Å². The molecule has 2 atom stereocenters. The quantitative estimate of drug-likeness (QED) is 0.591. The number of fused-ring (bicyclic) bond motifs is 2. The molecule has 0 unspecified atom stereocenters. The Morgan fingerprint density at radius 2 is 2.12 bits per heavy atom. The molecule has 2 aromatic heterocycles. The van der Waals surface area contributed by atoms with Crippen LogP contribution in [0.15, 0.2) is 41.7 Å². The first kappa shape index (κ1) is 21.3. The van der Waals surface area contributed by atoms with Crippen LogP contribution in [0.25, 0.3) is 11.0 Å². The molecule has 1 fully saturated rings. The van der Waals surface area contributed by atoms with E-state index >= 15 is 4.39 Å². The molecule has 3 N–H and O–H groups in total. The number of hydrogen-bond donors (Lipinski definition) is 2. The van der Waals surface area contributed by atoms with E-state index in [1.807, 2.05) is 0 Å². The number of nitrogens with zero attached hydrogens (tertiary/aromatic N) is 5. The molecule has 0 radical (unpaired) electrons. The van der Waals surface area contributed by atoms with E-state index in [-0.39, 0.29) is 11.5 Å². The van der Waals surface area contributed by atoms with Crippen molar-refractivity contribution in [2.75, 3.05) is 19.5 Å². The van der Waals surface area contributed by atoms with Gasteiger partial charge in [-0.15, -0.1) is 0 Å². The first-order chi connectivity index (χ1) is 15.8. The van der Waals surface area contributed by atoms with E-state index in [1.165, 1.54) is 26.4 Å². The van der Waals surface area contributed by atoms with Crippen LogP contribution in [-0.4, -0.2) is 53.0 Å². The molecule has 0 spiro atoms. The highest BCUT2D eigenvalue weighted by molar-refractivity contribution is 7.90. The highest BCUT2D eigenvalue weighted by atomic mass is 32.2. The van der Waals surface area contributed by atoms with E-state index in [2.05, 4.69) is 25.3 Å². The minimum atomic E-state index is -3.77. The van der Waals surface area contributed by atoms with Crippen molar-refractivity contribution in [2.24, 2.45) is 10.7 Å². The summed E-state index contributed by atoms with van der Waals surface area (Å²) in [5.74, 6) is 0.0960. The molecule has 2 aliphatic rings. The summed E-state index contributed by atoms with van der Waals surface area (Å²) >= 11 is 0. The second-order valence-corrected chi connectivity index (χ2v) is 10.2. The van der Waals surface area contributed by atoms with Crippen molar-refractivity contribution in [3.8, 4) is 5.88 Å². The largest absolute Gasteiger partial charge is 0.480 e. The Morgan fingerprint density at radius 1 is 1.30 bits per heavy atom. The molecular formula is C21H22FN7O3S. The Hall–Kier alpha value is -3.54. The third kappa shape index (κ3) is 3.24. The van der Waals surface area contributed by atoms with E-state index in [4.69, 9.17) is 10.5 Å². The number of guanidine groups is 1. The predicted octanol–water partition coefficient (Wildman–Crippen LogP) is 2.25. The fraction of sp³-hybridized carbons (Fsp3) is 0.333. The molecule has 0 saturated heterocycles. The van der Waals surface area contributed by atoms with Gasteiger partial charge in [-0.05, 0) is 43.5 Å². The number of rotatable bonds is 4. The van der Waals surface area contributed by atoms with Crippen LogP contribution >= 0.6 is 0 Å². The van der Waals surface area contributed by atoms with Gasteiger partial charge in [-0.2, -0.15) is 0 Å². The lowest BCUT2D eigenvalue weighted by Crippen LogP contribution is -2.55. The normalized spacial score (nSPS) is 23.8. The van der Waals surface area contributed by atoms with Gasteiger partial charge in [-0.3, -0.25) is 0 Å². The molecule has 0 bridgehead atoms. The predicted molar refractivity (Wildman–Crippen MR) is 121 cm³/mol. The first-order valence-electron chi connectivity index (χ1n) is 10.3. The molecule has 12 heteroatoms. The first-order valence-corrected chi connectivity index (χ1v) is 11.8. The maximum absolute atomic E-state index is 15.1. The van der Waals surface area contributed by atoms with Gasteiger partial charge in [0.2, 0.25) is 21.9 Å². The van der Waals surface area contributed by atoms with Crippen molar-refractivity contribution in [2.45, 2.75) is 30.1 Å². The molecule has 3 heterocycles. The van der Waals surface area contributed by atoms with Gasteiger partial charge in [-0.25, -0.2) is 37.1 Å². The number of aromatic nitrogens is 3. The number of sulfonamides is 1. The van der Waals surface area contributed by atoms with Crippen molar-refractivity contribution in [1.82, 2.24) is 19.3 Å². The zero-order valence-corrected chi connectivity index (χ0v) is 18.8. The van der Waals surface area contributed by atoms with Gasteiger partial charge in [-0.1, -0.05) is 0 Å². The van der Waals surface area contributed by atoms with Gasteiger partial charge in [0, 0.05) is 24.5 Å². The van der Waals surface area contributed by atoms with E-state index in [0.717, 1.165) is 4.31 Å². The third-order valence-corrected chi connectivity index (χ3v) is 8.57. The molecule has 3 aromatic rings. The minimum absolute atomic E-state index is 0.147. The average Bonchev–Trinajstić information content (AvgIpc) is 3.24. The summed E-state index contributed by atoms with van der Waals surface area (Å²) in [7, 11) is -0.898. The van der Waals surface area contributed by atoms with Gasteiger partial charge in [0.1, 0.15) is 22.1 Å². The van der Waals surface area contributed by atoms with E-state index in [0.29, 0.717) is 47.7 Å². The van der Waals surface area contributed by atoms with Crippen LogP contribution < -0.4 is 15.8 Å². The molecule has 0 amide bonds. The third-order valence-electron chi connectivity index (χ3n) is 6.28. The van der Waals surface area contributed by atoms with Crippen molar-refractivity contribution < 1.29 is 17.5 Å². The molecule has 10 nitrogen and oxygen atoms in total. The summed E-state index contributed by atoms with van der Waals surface area (Å²) in [6.45, 7) is 0. The summed E-state index contributed by atoms with van der Waals surface area (Å²) in [6, 6.07) is 6.11. The Bertz CT molecular complexity index is 1400. The van der Waals surface area contributed by atoms with Crippen LogP contribution in [-0.2, 0) is 15.6 Å². The number of nitrogens with two attached hydrogens (primary N) is 1. The molecule has 172 valence electrons. The average molecular weight is 472 g/mol. The summed E-state index contributed by atoms with van der Waals surface area (Å²) in [6.07, 6.45) is 4.40. The molecule has 1 aromatic carbocycles. The second-order valence-electron chi connectivity index (χ2n) is 8.05. The van der Waals surface area contributed by atoms with Crippen LogP contribution in [0, 0.1) is 5.82 Å². The number of aliphatic imine (C=N–C) groups is 1. The summed E-state index contributed by atoms with van der Waals surface area (Å²) in [4.78, 5) is 17.6. The fourth-order valence-corrected chi connectivity index (χ4v) is 6.57. The Labute approximate surface area is 189 Å². The molecule has 1 aliphatic carbocycles. The lowest BCUT2D eigenvalue weighted by Gasteiger charge is -2.39. The fourth-order valence-electron chi connectivity index (χ4n) is 4.63. The second kappa shape index (κ2) is 7.51. The highest BCUT2D eigenvalue weighted by Gasteiger charge is 2.56. The Balaban J connectivity index is 1.60. The molecule has 33 heavy (non-hydrogen) atoms. The monoisotopic (exact) mass is 471 g/mol. The highest BCUT2D eigenvalue weighted by Crippen LogP contribution is 2.50. The molecule has 1 saturated carbocycles. The zero-order chi connectivity index (χ0) is 23.4. The SMILES string of the molecule is COc1cnc2c(Nc3ccc(F)c([C@]45CCC[C@H]4S(=O)(=O)N(C)C(N)=N5)c3)nccc2n1. The van der Waals surface area contributed by atoms with Crippen LogP contribution in [0.3, 0.4) is 0 Å². The number of anilines is 2. The standard InChI is InChI=1S/C21H22FN7O3S/c1-29-20(23)28-21(8-3-4-16(21)33(29,30)31)13-10-12(5-6-14(13)22)26-19-18-15(7-9-24-19)27-17(32-2)11-25-18/h5-7,9-11,16H,3-4,8H2,1-2H3,(H2,23,28)(H,24,26)/t16-,21-/m1/s1. The maximum Gasteiger partial charge on any atom is 0.242 e. The Kier molecular flexibility index (Phi) is 4.85. The van der Waals surface area contributed by atoms with Crippen molar-refractivity contribution >= 4 is 38.5 Å². The lowest BCUT2D eigenvalue weighted by molar-refractivity contribution is 0.397. The van der Waals surface area contributed by atoms with Crippen LogP contribution in [0.2, 0.25) is 0 Å². The molecular weight excluding hydrogens is 449 g/mol. The van der Waals surface area contributed by atoms with E-state index < -0.39 is 26.6 Å². The number of hydrogen-bond acceptors (Lipinski definition) is 9. The topological polar surface area (TPSA) is 136 Å². The van der Waals surface area contributed by atoms with Crippen molar-refractivity contribution in [1.29, 1.82) is 0 Å². The number of benzene rings is 1. The van der Waals surface area contributed by atoms with Crippen LogP contribution in [0.4, 0.5) is 15.9 Å². The number of ether oxygens (including phenoxy) is 1. The summed E-state index contributed by atoms with van der Waals surface area (Å²) in [5, 5.41) is 2.26. The lowest BCUT2D eigenvalue weighted by atomic mass is 9.87. The number of pyridine rings is 1. The van der Waals surface area contributed by atoms with Gasteiger partial charge in [0.05, 0.1) is 18.8 Å². The van der Waals surface area contributed by atoms with Crippen LogP contribution in [0.5, 0.6) is 5.88 Å². The van der Waals surface area contributed by atoms with Crippen molar-refractivity contribution in [3.63, 3.8) is 0 Å². The van der Waals surface area contributed by atoms with Crippen molar-refractivity contribution in [3.05, 3.63) is 48.0 Å². The maximum atomic E-state index is 15.1. The van der Waals surface area contributed by atoms with E-state index in [9.17, 15) is 8.42 Å². The Morgan fingerprint density at radius 3 is 2.91 bits per heavy atom. The zero-order valence-electron chi connectivity index (χ0n) is 18.0. The number of halogens is 1. The number of methoxy groups -OCH3 is 1. The smallest absolute Gasteiger partial charge is 0.242 e. The van der Waals surface area contributed by atoms with Gasteiger partial charge in [0.15, 0.2) is 5.82 Å². The van der Waals surface area contributed by atoms with Crippen LogP contribution in [0.1, 0.15) is 24.8 Å². The molecule has 5 rings (SSSR count). The number of nitrogens with one attached hydrogen (secondary N) is 1. The summed E-state index contributed by atoms with van der Waals surface area (Å²) < 4.78 is 47.4. The minimum Gasteiger partial charge on any atom is -0.480 e. The van der Waals surface area contributed by atoms with Gasteiger partial charge >= 0.3 is 0 Å².